The average molecular weight is 218 g/mol. The minimum absolute atomic E-state index is 0.109. The van der Waals surface area contributed by atoms with Crippen molar-refractivity contribution in [3.63, 3.8) is 0 Å². The lowest BCUT2D eigenvalue weighted by atomic mass is 9.97. The Bertz CT molecular complexity index is 217. The molecule has 1 aliphatic rings. The van der Waals surface area contributed by atoms with Gasteiger partial charge in [-0.3, -0.25) is 4.79 Å². The van der Waals surface area contributed by atoms with Crippen LogP contribution in [0.15, 0.2) is 0 Å². The van der Waals surface area contributed by atoms with Crippen molar-refractivity contribution in [3.05, 3.63) is 0 Å². The van der Waals surface area contributed by atoms with Gasteiger partial charge in [0.05, 0.1) is 11.6 Å². The number of amides is 1. The number of nitrogens with zero attached hydrogens (tertiary/aromatic N) is 1. The zero-order chi connectivity index (χ0) is 12.3. The summed E-state index contributed by atoms with van der Waals surface area (Å²) in [7, 11) is 1.70. The first-order chi connectivity index (χ1) is 6.73. The number of hydroxylamine groups is 2. The second kappa shape index (κ2) is 4.92. The summed E-state index contributed by atoms with van der Waals surface area (Å²) >= 11 is 0. The third-order valence-corrected chi connectivity index (χ3v) is 2.88. The highest BCUT2D eigenvalue weighted by atomic mass is 16.5. The topological polar surface area (TPSA) is 75.8 Å². The van der Waals surface area contributed by atoms with Gasteiger partial charge in [0.25, 0.3) is 0 Å². The molecule has 1 aliphatic heterocycles. The summed E-state index contributed by atoms with van der Waals surface area (Å²) in [5, 5.41) is 11.3. The summed E-state index contributed by atoms with van der Waals surface area (Å²) in [6, 6.07) is 0. The summed E-state index contributed by atoms with van der Waals surface area (Å²) in [4.78, 5) is 8.58. The molecule has 1 atom stereocenters. The zero-order valence-electron chi connectivity index (χ0n) is 10.2. The Balaban J connectivity index is 0.000000583. The van der Waals surface area contributed by atoms with E-state index in [0.717, 1.165) is 6.42 Å². The molecule has 0 aromatic rings. The first-order valence-corrected chi connectivity index (χ1v) is 4.91. The van der Waals surface area contributed by atoms with Gasteiger partial charge in [0.15, 0.2) is 0 Å². The molecular formula is C10H22N2O3. The van der Waals surface area contributed by atoms with Gasteiger partial charge in [-0.05, 0) is 34.1 Å². The van der Waals surface area contributed by atoms with Crippen molar-refractivity contribution in [2.75, 3.05) is 7.11 Å². The number of hydrogen-bond donors (Lipinski definition) is 2. The van der Waals surface area contributed by atoms with E-state index in [1.807, 2.05) is 27.7 Å². The molecule has 1 fully saturated rings. The summed E-state index contributed by atoms with van der Waals surface area (Å²) in [6.07, 6.45) is 1.23. The Morgan fingerprint density at radius 1 is 1.47 bits per heavy atom. The van der Waals surface area contributed by atoms with Crippen molar-refractivity contribution < 1.29 is 14.7 Å². The zero-order valence-corrected chi connectivity index (χ0v) is 10.2. The molecule has 0 saturated carbocycles. The van der Waals surface area contributed by atoms with Crippen molar-refractivity contribution in [2.45, 2.75) is 51.3 Å². The van der Waals surface area contributed by atoms with E-state index < -0.39 is 0 Å². The molecule has 1 heterocycles. The number of ether oxygens (including phenoxy) is 1. The van der Waals surface area contributed by atoms with Crippen molar-refractivity contribution in [1.82, 2.24) is 5.06 Å². The van der Waals surface area contributed by atoms with Gasteiger partial charge in [-0.15, -0.1) is 0 Å². The van der Waals surface area contributed by atoms with Gasteiger partial charge in [0, 0.05) is 12.6 Å². The number of nitrogens with two attached hydrogens (primary N) is 1. The third kappa shape index (κ3) is 2.90. The van der Waals surface area contributed by atoms with Crippen molar-refractivity contribution in [3.8, 4) is 0 Å². The van der Waals surface area contributed by atoms with E-state index in [9.17, 15) is 5.21 Å². The molecule has 5 heteroatoms. The van der Waals surface area contributed by atoms with E-state index in [-0.39, 0.29) is 23.6 Å². The van der Waals surface area contributed by atoms with Crippen LogP contribution in [-0.2, 0) is 9.53 Å². The van der Waals surface area contributed by atoms with Crippen molar-refractivity contribution >= 4 is 6.41 Å². The van der Waals surface area contributed by atoms with Crippen LogP contribution in [0.2, 0.25) is 0 Å². The summed E-state index contributed by atoms with van der Waals surface area (Å²) in [5.74, 6) is 0. The molecule has 5 nitrogen and oxygen atoms in total. The number of carbonyl (C=O) groups excluding carboxylic acids is 1. The first kappa shape index (κ1) is 14.3. The molecule has 1 saturated heterocycles. The largest absolute Gasteiger partial charge is 0.379 e. The lowest BCUT2D eigenvalue weighted by molar-refractivity contribution is -0.202. The van der Waals surface area contributed by atoms with Crippen LogP contribution < -0.4 is 5.73 Å². The van der Waals surface area contributed by atoms with Crippen LogP contribution in [0.25, 0.3) is 0 Å². The Morgan fingerprint density at radius 3 is 2.00 bits per heavy atom. The Hall–Kier alpha value is -0.650. The second-order valence-corrected chi connectivity index (χ2v) is 4.84. The number of hydrogen-bond acceptors (Lipinski definition) is 4. The quantitative estimate of drug-likeness (QED) is 0.637. The number of primary amides is 1. The normalized spacial score (nSPS) is 28.0. The van der Waals surface area contributed by atoms with Gasteiger partial charge in [-0.25, -0.2) is 0 Å². The van der Waals surface area contributed by atoms with Crippen LogP contribution >= 0.6 is 0 Å². The lowest BCUT2D eigenvalue weighted by Crippen LogP contribution is -2.48. The molecule has 0 aliphatic carbocycles. The van der Waals surface area contributed by atoms with Crippen LogP contribution in [0.1, 0.15) is 34.1 Å². The van der Waals surface area contributed by atoms with Gasteiger partial charge in [0.2, 0.25) is 6.41 Å². The molecule has 1 unspecified atom stereocenters. The van der Waals surface area contributed by atoms with Crippen LogP contribution in [-0.4, -0.2) is 41.0 Å². The third-order valence-electron chi connectivity index (χ3n) is 2.88. The van der Waals surface area contributed by atoms with Crippen LogP contribution in [0.5, 0.6) is 0 Å². The highest BCUT2D eigenvalue weighted by molar-refractivity contribution is 5.42. The minimum Gasteiger partial charge on any atom is -0.379 e. The Labute approximate surface area is 91.1 Å². The monoisotopic (exact) mass is 218 g/mol. The van der Waals surface area contributed by atoms with Crippen molar-refractivity contribution in [2.24, 2.45) is 5.73 Å². The van der Waals surface area contributed by atoms with E-state index in [0.29, 0.717) is 0 Å². The van der Waals surface area contributed by atoms with E-state index in [1.165, 1.54) is 5.06 Å². The summed E-state index contributed by atoms with van der Waals surface area (Å²) in [6.45, 7) is 8.04. The number of rotatable bonds is 1. The maximum atomic E-state index is 9.84. The first-order valence-electron chi connectivity index (χ1n) is 4.91. The van der Waals surface area contributed by atoms with Gasteiger partial charge in [0.1, 0.15) is 0 Å². The fourth-order valence-corrected chi connectivity index (χ4v) is 2.08. The fourth-order valence-electron chi connectivity index (χ4n) is 2.08. The molecular weight excluding hydrogens is 196 g/mol. The van der Waals surface area contributed by atoms with Crippen LogP contribution in [0.3, 0.4) is 0 Å². The molecule has 3 N–H and O–H groups in total. The highest BCUT2D eigenvalue weighted by Gasteiger charge is 2.51. The van der Waals surface area contributed by atoms with Crippen LogP contribution in [0.4, 0.5) is 0 Å². The van der Waals surface area contributed by atoms with E-state index in [2.05, 4.69) is 5.73 Å². The van der Waals surface area contributed by atoms with Gasteiger partial charge < -0.3 is 15.7 Å². The molecule has 0 spiro atoms. The maximum absolute atomic E-state index is 9.84. The van der Waals surface area contributed by atoms with Crippen LogP contribution in [0, 0.1) is 0 Å². The molecule has 0 bridgehead atoms. The predicted octanol–water partition coefficient (Wildman–Crippen LogP) is 0.755. The van der Waals surface area contributed by atoms with Gasteiger partial charge >= 0.3 is 0 Å². The Morgan fingerprint density at radius 2 is 1.87 bits per heavy atom. The second-order valence-electron chi connectivity index (χ2n) is 4.84. The fraction of sp³-hybridized carbons (Fsp3) is 0.900. The number of methoxy groups -OCH3 is 1. The molecule has 0 radical (unpaired) electrons. The average Bonchev–Trinajstić information content (AvgIpc) is 2.27. The molecule has 1 rings (SSSR count). The van der Waals surface area contributed by atoms with Crippen molar-refractivity contribution in [1.29, 1.82) is 0 Å². The minimum atomic E-state index is -0.280. The smallest absolute Gasteiger partial charge is 0.204 e. The van der Waals surface area contributed by atoms with E-state index >= 15 is 0 Å². The predicted molar refractivity (Wildman–Crippen MR) is 57.4 cm³/mol. The summed E-state index contributed by atoms with van der Waals surface area (Å²) in [5.41, 5.74) is 3.71. The standard InChI is InChI=1S/C9H19NO2.CH3NO/c1-8(2)6-7(12-5)9(3,4)10(8)11;2-1-3/h7,11H,6H2,1-5H3;1H,(H2,2,3). The summed E-state index contributed by atoms with van der Waals surface area (Å²) < 4.78 is 5.33. The Kier molecular flexibility index (Phi) is 4.70. The van der Waals surface area contributed by atoms with Gasteiger partial charge in [-0.1, -0.05) is 0 Å². The van der Waals surface area contributed by atoms with E-state index in [1.54, 1.807) is 7.11 Å². The molecule has 1 amide bonds. The molecule has 90 valence electrons. The van der Waals surface area contributed by atoms with E-state index in [4.69, 9.17) is 9.53 Å². The van der Waals surface area contributed by atoms with Gasteiger partial charge in [-0.2, -0.15) is 5.06 Å². The SMILES string of the molecule is COC1CC(C)(C)N(O)C1(C)C.NC=O. The highest BCUT2D eigenvalue weighted by Crippen LogP contribution is 2.40. The molecule has 15 heavy (non-hydrogen) atoms. The number of carbonyl (C=O) groups is 1. The maximum Gasteiger partial charge on any atom is 0.204 e. The molecule has 0 aromatic carbocycles. The lowest BCUT2D eigenvalue weighted by Gasteiger charge is -2.35. The molecule has 0 aromatic heterocycles.